The molecule has 1 rings (SSSR count). The number of aromatic nitrogens is 1. The Morgan fingerprint density at radius 2 is 2.05 bits per heavy atom. The summed E-state index contributed by atoms with van der Waals surface area (Å²) in [5.74, 6) is -1.52. The number of nitrogens with two attached hydrogens (primary N) is 2. The molecule has 2 amide bonds. The number of aliphatic hydroxyl groups excluding tert-OH is 2. The molecule has 0 saturated carbocycles. The highest BCUT2D eigenvalue weighted by Gasteiger charge is 2.21. The number of hydrogen-bond donors (Lipinski definition) is 4. The third-order valence-electron chi connectivity index (χ3n) is 3.04. The van der Waals surface area contributed by atoms with Crippen LogP contribution in [0.2, 0.25) is 0 Å². The number of carbonyl (C=O) groups is 2. The van der Waals surface area contributed by atoms with Crippen LogP contribution in [0.5, 0.6) is 0 Å². The smallest absolute Gasteiger partial charge is 0.266 e. The Morgan fingerprint density at radius 1 is 1.40 bits per heavy atom. The third-order valence-corrected chi connectivity index (χ3v) is 3.04. The summed E-state index contributed by atoms with van der Waals surface area (Å²) in [5, 5.41) is 18.8. The number of aliphatic hydroxyl groups is 2. The first kappa shape index (κ1) is 16.2. The number of aryl methyl sites for hydroxylation is 1. The molecule has 8 nitrogen and oxygen atoms in total. The summed E-state index contributed by atoms with van der Waals surface area (Å²) in [5.41, 5.74) is 10.4. The van der Waals surface area contributed by atoms with E-state index in [0.717, 1.165) is 0 Å². The van der Waals surface area contributed by atoms with Crippen molar-refractivity contribution in [2.75, 3.05) is 13.7 Å². The van der Waals surface area contributed by atoms with Crippen LogP contribution < -0.4 is 11.5 Å². The lowest BCUT2D eigenvalue weighted by molar-refractivity contribution is -0.0452. The molecule has 0 radical (unpaired) electrons. The molecule has 8 heteroatoms. The van der Waals surface area contributed by atoms with Crippen molar-refractivity contribution in [2.24, 2.45) is 11.5 Å². The van der Waals surface area contributed by atoms with Gasteiger partial charge in [0.1, 0.15) is 11.8 Å². The highest BCUT2D eigenvalue weighted by molar-refractivity contribution is 6.05. The molecule has 0 fully saturated rings. The second-order valence-corrected chi connectivity index (χ2v) is 4.31. The summed E-state index contributed by atoms with van der Waals surface area (Å²) >= 11 is 0. The molecule has 6 N–H and O–H groups in total. The number of primary amides is 2. The van der Waals surface area contributed by atoms with E-state index in [1.165, 1.54) is 23.9 Å². The van der Waals surface area contributed by atoms with Crippen LogP contribution in [0, 0.1) is 0 Å². The third kappa shape index (κ3) is 3.56. The van der Waals surface area contributed by atoms with E-state index in [4.69, 9.17) is 21.3 Å². The predicted molar refractivity (Wildman–Crippen MR) is 70.0 cm³/mol. The van der Waals surface area contributed by atoms with Crippen molar-refractivity contribution in [3.05, 3.63) is 23.5 Å². The van der Waals surface area contributed by atoms with Gasteiger partial charge >= 0.3 is 0 Å². The van der Waals surface area contributed by atoms with Crippen LogP contribution in [0.15, 0.2) is 12.3 Å². The molecular formula is C12H19N3O5. The normalized spacial score (nSPS) is 13.9. The zero-order valence-electron chi connectivity index (χ0n) is 11.2. The maximum Gasteiger partial charge on any atom is 0.266 e. The van der Waals surface area contributed by atoms with Crippen molar-refractivity contribution in [3.63, 3.8) is 0 Å². The minimum absolute atomic E-state index is 0.00247. The fourth-order valence-electron chi connectivity index (χ4n) is 1.94. The van der Waals surface area contributed by atoms with Gasteiger partial charge in [-0.1, -0.05) is 0 Å². The number of methoxy groups -OCH3 is 1. The average Bonchev–Trinajstić information content (AvgIpc) is 2.81. The van der Waals surface area contributed by atoms with Gasteiger partial charge in [-0.2, -0.15) is 0 Å². The minimum Gasteiger partial charge on any atom is -0.394 e. The van der Waals surface area contributed by atoms with Crippen LogP contribution in [0.3, 0.4) is 0 Å². The topological polar surface area (TPSA) is 141 Å². The van der Waals surface area contributed by atoms with Crippen LogP contribution in [-0.4, -0.2) is 52.5 Å². The zero-order valence-corrected chi connectivity index (χ0v) is 11.2. The molecule has 0 bridgehead atoms. The van der Waals surface area contributed by atoms with Gasteiger partial charge in [-0.25, -0.2) is 0 Å². The number of hydrogen-bond acceptors (Lipinski definition) is 5. The SMILES string of the molecule is CO[C@@H](CO)C(O)CCn1ccc(C(N)=O)c1C(N)=O. The number of nitrogens with zero attached hydrogens (tertiary/aromatic N) is 1. The van der Waals surface area contributed by atoms with Gasteiger partial charge in [0.25, 0.3) is 11.8 Å². The molecule has 0 aromatic carbocycles. The van der Waals surface area contributed by atoms with E-state index in [-0.39, 0.29) is 30.8 Å². The quantitative estimate of drug-likeness (QED) is 0.457. The van der Waals surface area contributed by atoms with Crippen molar-refractivity contribution >= 4 is 11.8 Å². The molecule has 1 heterocycles. The highest BCUT2D eigenvalue weighted by Crippen LogP contribution is 2.13. The molecule has 0 aliphatic carbocycles. The summed E-state index contributed by atoms with van der Waals surface area (Å²) in [6.07, 6.45) is 0.0863. The van der Waals surface area contributed by atoms with Gasteiger partial charge in [-0.3, -0.25) is 9.59 Å². The molecule has 0 saturated heterocycles. The van der Waals surface area contributed by atoms with Crippen LogP contribution in [0.25, 0.3) is 0 Å². The van der Waals surface area contributed by atoms with Crippen molar-refractivity contribution in [1.29, 1.82) is 0 Å². The second kappa shape index (κ2) is 7.04. The van der Waals surface area contributed by atoms with Crippen molar-refractivity contribution in [2.45, 2.75) is 25.2 Å². The van der Waals surface area contributed by atoms with Gasteiger partial charge in [-0.05, 0) is 12.5 Å². The number of amides is 2. The first-order valence-electron chi connectivity index (χ1n) is 6.02. The Labute approximate surface area is 115 Å². The van der Waals surface area contributed by atoms with Gasteiger partial charge in [0.15, 0.2) is 0 Å². The Hall–Kier alpha value is -1.90. The molecule has 112 valence electrons. The van der Waals surface area contributed by atoms with E-state index in [1.807, 2.05) is 0 Å². The summed E-state index contributed by atoms with van der Waals surface area (Å²) in [6, 6.07) is 1.40. The van der Waals surface area contributed by atoms with Gasteiger partial charge in [0.2, 0.25) is 0 Å². The summed E-state index contributed by atoms with van der Waals surface area (Å²) in [7, 11) is 1.37. The zero-order chi connectivity index (χ0) is 15.3. The van der Waals surface area contributed by atoms with Crippen molar-refractivity contribution in [3.8, 4) is 0 Å². The van der Waals surface area contributed by atoms with Crippen LogP contribution in [0.4, 0.5) is 0 Å². The van der Waals surface area contributed by atoms with Gasteiger partial charge in [0, 0.05) is 19.9 Å². The maximum absolute atomic E-state index is 11.4. The van der Waals surface area contributed by atoms with E-state index < -0.39 is 24.0 Å². The Bertz CT molecular complexity index is 481. The molecule has 1 aromatic heterocycles. The van der Waals surface area contributed by atoms with E-state index in [9.17, 15) is 14.7 Å². The summed E-state index contributed by atoms with van der Waals surface area (Å²) in [6.45, 7) is -0.0921. The Morgan fingerprint density at radius 3 is 2.50 bits per heavy atom. The first-order chi connectivity index (χ1) is 9.42. The number of carbonyl (C=O) groups excluding carboxylic acids is 2. The molecule has 1 aromatic rings. The molecular weight excluding hydrogens is 266 g/mol. The fraction of sp³-hybridized carbons (Fsp3) is 0.500. The molecule has 2 atom stereocenters. The molecule has 0 aliphatic rings. The summed E-state index contributed by atoms with van der Waals surface area (Å²) in [4.78, 5) is 22.5. The number of rotatable bonds is 8. The predicted octanol–water partition coefficient (Wildman–Crippen LogP) is -1.56. The molecule has 0 spiro atoms. The van der Waals surface area contributed by atoms with E-state index in [1.54, 1.807) is 0 Å². The minimum atomic E-state index is -0.912. The Kier molecular flexibility index (Phi) is 5.68. The largest absolute Gasteiger partial charge is 0.394 e. The van der Waals surface area contributed by atoms with Gasteiger partial charge in [0.05, 0.1) is 18.3 Å². The lowest BCUT2D eigenvalue weighted by Crippen LogP contribution is -2.32. The van der Waals surface area contributed by atoms with Crippen molar-refractivity contribution < 1.29 is 24.5 Å². The number of ether oxygens (including phenoxy) is 1. The Balaban J connectivity index is 2.83. The van der Waals surface area contributed by atoms with E-state index >= 15 is 0 Å². The van der Waals surface area contributed by atoms with E-state index in [2.05, 4.69) is 0 Å². The van der Waals surface area contributed by atoms with Gasteiger partial charge in [-0.15, -0.1) is 0 Å². The monoisotopic (exact) mass is 285 g/mol. The highest BCUT2D eigenvalue weighted by atomic mass is 16.5. The fourth-order valence-corrected chi connectivity index (χ4v) is 1.94. The summed E-state index contributed by atoms with van der Waals surface area (Å²) < 4.78 is 6.34. The van der Waals surface area contributed by atoms with Crippen molar-refractivity contribution in [1.82, 2.24) is 4.57 Å². The standard InChI is InChI=1S/C12H19N3O5/c1-20-9(6-16)8(17)3-5-15-4-2-7(11(13)18)10(15)12(14)19/h2,4,8-9,16-17H,3,5-6H2,1H3,(H2,13,18)(H2,14,19)/t8?,9-/m0/s1. The molecule has 1 unspecified atom stereocenters. The molecule has 20 heavy (non-hydrogen) atoms. The first-order valence-corrected chi connectivity index (χ1v) is 6.02. The van der Waals surface area contributed by atoms with Crippen LogP contribution in [0.1, 0.15) is 27.3 Å². The van der Waals surface area contributed by atoms with E-state index in [0.29, 0.717) is 0 Å². The second-order valence-electron chi connectivity index (χ2n) is 4.31. The molecule has 0 aliphatic heterocycles. The average molecular weight is 285 g/mol. The van der Waals surface area contributed by atoms with Crippen LogP contribution >= 0.6 is 0 Å². The lowest BCUT2D eigenvalue weighted by atomic mass is 10.1. The lowest BCUT2D eigenvalue weighted by Gasteiger charge is -2.20. The van der Waals surface area contributed by atoms with Gasteiger partial charge < -0.3 is 31.0 Å². The van der Waals surface area contributed by atoms with Crippen LogP contribution in [-0.2, 0) is 11.3 Å². The maximum atomic E-state index is 11.4.